The fourth-order valence-electron chi connectivity index (χ4n) is 3.09. The number of amides is 1. The number of hydrogen-bond donors (Lipinski definition) is 1. The summed E-state index contributed by atoms with van der Waals surface area (Å²) in [7, 11) is 0. The zero-order valence-corrected chi connectivity index (χ0v) is 12.5. The molecular formula is C17H20N2O2. The molecule has 1 aliphatic rings. The molecule has 2 aromatic rings. The molecule has 4 heteroatoms. The van der Waals surface area contributed by atoms with Gasteiger partial charge in [-0.3, -0.25) is 9.78 Å². The Kier molecular flexibility index (Phi) is 3.41. The molecule has 1 aromatic carbocycles. The molecule has 0 atom stereocenters. The third kappa shape index (κ3) is 2.51. The van der Waals surface area contributed by atoms with Gasteiger partial charge in [-0.05, 0) is 25.5 Å². The Balaban J connectivity index is 1.90. The first kappa shape index (κ1) is 14.0. The first-order valence-corrected chi connectivity index (χ1v) is 7.40. The van der Waals surface area contributed by atoms with Crippen LogP contribution in [0.3, 0.4) is 0 Å². The summed E-state index contributed by atoms with van der Waals surface area (Å²) in [6, 6.07) is 9.52. The van der Waals surface area contributed by atoms with Gasteiger partial charge in [-0.25, -0.2) is 0 Å². The summed E-state index contributed by atoms with van der Waals surface area (Å²) in [5.41, 5.74) is 1.66. The second-order valence-corrected chi connectivity index (χ2v) is 5.96. The lowest BCUT2D eigenvalue weighted by Gasteiger charge is -2.46. The van der Waals surface area contributed by atoms with Gasteiger partial charge in [-0.1, -0.05) is 31.5 Å². The molecule has 3 rings (SSSR count). The number of carbonyl (C=O) groups excluding carboxylic acids is 1. The first-order valence-electron chi connectivity index (χ1n) is 7.40. The monoisotopic (exact) mass is 284 g/mol. The van der Waals surface area contributed by atoms with Crippen molar-refractivity contribution in [2.75, 3.05) is 13.1 Å². The highest BCUT2D eigenvalue weighted by molar-refractivity contribution is 6.06. The van der Waals surface area contributed by atoms with E-state index in [0.29, 0.717) is 18.7 Å². The van der Waals surface area contributed by atoms with E-state index in [4.69, 9.17) is 0 Å². The van der Waals surface area contributed by atoms with Crippen molar-refractivity contribution in [1.82, 2.24) is 9.88 Å². The van der Waals surface area contributed by atoms with Gasteiger partial charge in [0.05, 0.1) is 29.8 Å². The van der Waals surface area contributed by atoms with Crippen molar-refractivity contribution < 1.29 is 9.90 Å². The molecule has 2 heterocycles. The van der Waals surface area contributed by atoms with Gasteiger partial charge in [0.25, 0.3) is 5.91 Å². The van der Waals surface area contributed by atoms with E-state index in [1.807, 2.05) is 44.2 Å². The topological polar surface area (TPSA) is 53.4 Å². The van der Waals surface area contributed by atoms with Gasteiger partial charge in [0, 0.05) is 11.1 Å². The molecule has 0 saturated carbocycles. The van der Waals surface area contributed by atoms with Crippen LogP contribution in [0.2, 0.25) is 0 Å². The van der Waals surface area contributed by atoms with Crippen LogP contribution in [-0.2, 0) is 0 Å². The number of aliphatic hydroxyl groups is 1. The molecule has 0 unspecified atom stereocenters. The molecule has 21 heavy (non-hydrogen) atoms. The van der Waals surface area contributed by atoms with Gasteiger partial charge in [0.2, 0.25) is 0 Å². The number of aryl methyl sites for hydroxylation is 1. The highest BCUT2D eigenvalue weighted by atomic mass is 16.3. The predicted octanol–water partition coefficient (Wildman–Crippen LogP) is 2.53. The summed E-state index contributed by atoms with van der Waals surface area (Å²) in [6.07, 6.45) is 1.67. The van der Waals surface area contributed by atoms with E-state index in [9.17, 15) is 9.90 Å². The number of benzene rings is 1. The molecular weight excluding hydrogens is 264 g/mol. The van der Waals surface area contributed by atoms with Crippen LogP contribution in [0, 0.1) is 6.92 Å². The zero-order valence-electron chi connectivity index (χ0n) is 12.5. The lowest BCUT2D eigenvalue weighted by Crippen LogP contribution is -2.63. The molecule has 0 aliphatic carbocycles. The maximum absolute atomic E-state index is 12.7. The van der Waals surface area contributed by atoms with Crippen LogP contribution < -0.4 is 0 Å². The minimum atomic E-state index is -0.692. The molecule has 1 aliphatic heterocycles. The van der Waals surface area contributed by atoms with Crippen molar-refractivity contribution in [1.29, 1.82) is 0 Å². The van der Waals surface area contributed by atoms with Crippen molar-refractivity contribution in [2.24, 2.45) is 0 Å². The lowest BCUT2D eigenvalue weighted by atomic mass is 9.88. The standard InChI is InChI=1S/C17H20N2O2/c1-3-8-17(21)10-19(11-17)16(20)14-9-12(2)18-15-7-5-4-6-13(14)15/h4-7,9,21H,3,8,10-11H2,1-2H3. The quantitative estimate of drug-likeness (QED) is 0.942. The van der Waals surface area contributed by atoms with E-state index in [0.717, 1.165) is 29.4 Å². The number of likely N-dealkylation sites (tertiary alicyclic amines) is 1. The van der Waals surface area contributed by atoms with Crippen LogP contribution >= 0.6 is 0 Å². The smallest absolute Gasteiger partial charge is 0.254 e. The second-order valence-electron chi connectivity index (χ2n) is 5.96. The summed E-state index contributed by atoms with van der Waals surface area (Å²) >= 11 is 0. The lowest BCUT2D eigenvalue weighted by molar-refractivity contribution is -0.0859. The number of aromatic nitrogens is 1. The third-order valence-electron chi connectivity index (χ3n) is 4.05. The number of β-amino-alcohol motifs (C(OH)–C–C–N with tert-alkyl or cyclic N) is 1. The number of rotatable bonds is 3. The maximum atomic E-state index is 12.7. The largest absolute Gasteiger partial charge is 0.386 e. The Hall–Kier alpha value is -1.94. The SMILES string of the molecule is CCCC1(O)CN(C(=O)c2cc(C)nc3ccccc23)C1. The van der Waals surface area contributed by atoms with Crippen molar-refractivity contribution in [3.05, 3.63) is 41.6 Å². The average Bonchev–Trinajstić information content (AvgIpc) is 2.43. The molecule has 1 fully saturated rings. The molecule has 1 saturated heterocycles. The van der Waals surface area contributed by atoms with E-state index < -0.39 is 5.60 Å². The van der Waals surface area contributed by atoms with Crippen LogP contribution in [0.15, 0.2) is 30.3 Å². The average molecular weight is 284 g/mol. The third-order valence-corrected chi connectivity index (χ3v) is 4.05. The molecule has 110 valence electrons. The molecule has 0 spiro atoms. The van der Waals surface area contributed by atoms with Crippen LogP contribution in [0.5, 0.6) is 0 Å². The van der Waals surface area contributed by atoms with E-state index >= 15 is 0 Å². The van der Waals surface area contributed by atoms with E-state index in [2.05, 4.69) is 4.98 Å². The van der Waals surface area contributed by atoms with Gasteiger partial charge in [0.15, 0.2) is 0 Å². The Labute approximate surface area is 124 Å². The fraction of sp³-hybridized carbons (Fsp3) is 0.412. The zero-order chi connectivity index (χ0) is 15.0. The summed E-state index contributed by atoms with van der Waals surface area (Å²) < 4.78 is 0. The van der Waals surface area contributed by atoms with Crippen LogP contribution in [-0.4, -0.2) is 39.6 Å². The van der Waals surface area contributed by atoms with Crippen molar-refractivity contribution >= 4 is 16.8 Å². The molecule has 0 bridgehead atoms. The first-order chi connectivity index (χ1) is 10.0. The number of pyridine rings is 1. The second kappa shape index (κ2) is 5.11. The Morgan fingerprint density at radius 3 is 2.81 bits per heavy atom. The minimum Gasteiger partial charge on any atom is -0.386 e. The number of fused-ring (bicyclic) bond motifs is 1. The molecule has 1 aromatic heterocycles. The summed E-state index contributed by atoms with van der Waals surface area (Å²) in [4.78, 5) is 18.9. The van der Waals surface area contributed by atoms with Crippen molar-refractivity contribution in [3.63, 3.8) is 0 Å². The molecule has 0 radical (unpaired) electrons. The Bertz CT molecular complexity index is 690. The predicted molar refractivity (Wildman–Crippen MR) is 82.2 cm³/mol. The van der Waals surface area contributed by atoms with E-state index in [1.54, 1.807) is 4.90 Å². The number of para-hydroxylation sites is 1. The van der Waals surface area contributed by atoms with Gasteiger partial charge < -0.3 is 10.0 Å². The van der Waals surface area contributed by atoms with Gasteiger partial charge >= 0.3 is 0 Å². The number of nitrogens with zero attached hydrogens (tertiary/aromatic N) is 2. The van der Waals surface area contributed by atoms with Gasteiger partial charge in [-0.2, -0.15) is 0 Å². The van der Waals surface area contributed by atoms with Crippen LogP contribution in [0.1, 0.15) is 35.8 Å². The summed E-state index contributed by atoms with van der Waals surface area (Å²) in [6.45, 7) is 4.79. The van der Waals surface area contributed by atoms with Gasteiger partial charge in [-0.15, -0.1) is 0 Å². The van der Waals surface area contributed by atoms with E-state index in [-0.39, 0.29) is 5.91 Å². The highest BCUT2D eigenvalue weighted by Gasteiger charge is 2.43. The van der Waals surface area contributed by atoms with Crippen molar-refractivity contribution in [2.45, 2.75) is 32.3 Å². The summed E-state index contributed by atoms with van der Waals surface area (Å²) in [5.74, 6) is -0.0162. The highest BCUT2D eigenvalue weighted by Crippen LogP contribution is 2.29. The number of carbonyl (C=O) groups is 1. The van der Waals surface area contributed by atoms with Crippen molar-refractivity contribution in [3.8, 4) is 0 Å². The number of hydrogen-bond acceptors (Lipinski definition) is 3. The fourth-order valence-corrected chi connectivity index (χ4v) is 3.09. The molecule has 1 amide bonds. The van der Waals surface area contributed by atoms with Crippen LogP contribution in [0.25, 0.3) is 10.9 Å². The maximum Gasteiger partial charge on any atom is 0.254 e. The van der Waals surface area contributed by atoms with E-state index in [1.165, 1.54) is 0 Å². The Morgan fingerprint density at radius 2 is 2.10 bits per heavy atom. The summed E-state index contributed by atoms with van der Waals surface area (Å²) in [5, 5.41) is 11.1. The molecule has 4 nitrogen and oxygen atoms in total. The van der Waals surface area contributed by atoms with Gasteiger partial charge in [0.1, 0.15) is 0 Å². The van der Waals surface area contributed by atoms with Crippen LogP contribution in [0.4, 0.5) is 0 Å². The normalized spacial score (nSPS) is 16.8. The minimum absolute atomic E-state index is 0.0162. The molecule has 1 N–H and O–H groups in total. The Morgan fingerprint density at radius 1 is 1.38 bits per heavy atom.